The van der Waals surface area contributed by atoms with Crippen LogP contribution in [0.25, 0.3) is 0 Å². The summed E-state index contributed by atoms with van der Waals surface area (Å²) in [6, 6.07) is 15.5. The fourth-order valence-corrected chi connectivity index (χ4v) is 1.96. The van der Waals surface area contributed by atoms with Crippen molar-refractivity contribution < 1.29 is 4.74 Å². The van der Waals surface area contributed by atoms with Gasteiger partial charge in [-0.2, -0.15) is 0 Å². The molecule has 0 radical (unpaired) electrons. The van der Waals surface area contributed by atoms with Gasteiger partial charge < -0.3 is 10.1 Å². The highest BCUT2D eigenvalue weighted by atomic mass is 35.5. The number of rotatable bonds is 4. The van der Waals surface area contributed by atoms with E-state index in [0.717, 1.165) is 17.9 Å². The third kappa shape index (κ3) is 4.55. The molecule has 0 bridgehead atoms. The van der Waals surface area contributed by atoms with Crippen LogP contribution in [0, 0.1) is 0 Å². The van der Waals surface area contributed by atoms with Crippen molar-refractivity contribution in [2.24, 2.45) is 0 Å². The zero-order valence-electron chi connectivity index (χ0n) is 12.1. The lowest BCUT2D eigenvalue weighted by Gasteiger charge is -2.20. The van der Waals surface area contributed by atoms with Gasteiger partial charge in [0.05, 0.1) is 5.02 Å². The first-order chi connectivity index (χ1) is 9.44. The minimum absolute atomic E-state index is 0.0890. The van der Waals surface area contributed by atoms with E-state index in [9.17, 15) is 0 Å². The molecule has 0 fully saturated rings. The molecule has 20 heavy (non-hydrogen) atoms. The molecule has 2 aromatic carbocycles. The molecule has 0 aliphatic rings. The molecule has 3 heteroatoms. The molecule has 0 aromatic heterocycles. The number of halogens is 1. The minimum atomic E-state index is 0.0890. The molecule has 0 saturated carbocycles. The predicted octanol–water partition coefficient (Wildman–Crippen LogP) is 5.02. The molecule has 1 N–H and O–H groups in total. The Balaban J connectivity index is 2.06. The maximum atomic E-state index is 6.28. The van der Waals surface area contributed by atoms with Crippen molar-refractivity contribution in [2.45, 2.75) is 32.9 Å². The van der Waals surface area contributed by atoms with Gasteiger partial charge in [-0.1, -0.05) is 35.9 Å². The van der Waals surface area contributed by atoms with Crippen LogP contribution < -0.4 is 10.1 Å². The van der Waals surface area contributed by atoms with Gasteiger partial charge in [-0.3, -0.25) is 0 Å². The molecule has 0 aliphatic carbocycles. The Hall–Kier alpha value is -1.51. The van der Waals surface area contributed by atoms with E-state index in [-0.39, 0.29) is 5.54 Å². The van der Waals surface area contributed by atoms with Crippen LogP contribution >= 0.6 is 11.6 Å². The first kappa shape index (κ1) is 14.9. The van der Waals surface area contributed by atoms with Gasteiger partial charge in [-0.15, -0.1) is 0 Å². The molecule has 0 saturated heterocycles. The lowest BCUT2D eigenvalue weighted by atomic mass is 10.1. The molecule has 0 spiro atoms. The highest BCUT2D eigenvalue weighted by molar-refractivity contribution is 6.32. The predicted molar refractivity (Wildman–Crippen MR) is 84.6 cm³/mol. The van der Waals surface area contributed by atoms with Crippen LogP contribution in [0.2, 0.25) is 5.02 Å². The van der Waals surface area contributed by atoms with Crippen LogP contribution in [-0.2, 0) is 6.54 Å². The second-order valence-corrected chi connectivity index (χ2v) is 6.19. The molecule has 0 heterocycles. The normalized spacial score (nSPS) is 11.4. The van der Waals surface area contributed by atoms with Gasteiger partial charge in [0, 0.05) is 12.1 Å². The number of benzene rings is 2. The number of ether oxygens (including phenoxy) is 1. The summed E-state index contributed by atoms with van der Waals surface area (Å²) in [6.07, 6.45) is 0. The van der Waals surface area contributed by atoms with Crippen molar-refractivity contribution in [1.82, 2.24) is 5.32 Å². The number of hydrogen-bond acceptors (Lipinski definition) is 2. The largest absolute Gasteiger partial charge is 0.456 e. The van der Waals surface area contributed by atoms with E-state index in [1.807, 2.05) is 48.5 Å². The Morgan fingerprint density at radius 3 is 2.35 bits per heavy atom. The third-order valence-electron chi connectivity index (χ3n) is 2.79. The average molecular weight is 290 g/mol. The SMILES string of the molecule is CC(C)(C)NCc1ccc(Oc2ccccc2)c(Cl)c1. The van der Waals surface area contributed by atoms with Crippen molar-refractivity contribution in [1.29, 1.82) is 0 Å². The highest BCUT2D eigenvalue weighted by Crippen LogP contribution is 2.30. The van der Waals surface area contributed by atoms with Gasteiger partial charge >= 0.3 is 0 Å². The summed E-state index contributed by atoms with van der Waals surface area (Å²) in [5.74, 6) is 1.47. The van der Waals surface area contributed by atoms with Crippen LogP contribution in [0.1, 0.15) is 26.3 Å². The standard InChI is InChI=1S/C17H20ClNO/c1-17(2,3)19-12-13-9-10-16(15(18)11-13)20-14-7-5-4-6-8-14/h4-11,19H,12H2,1-3H3. The van der Waals surface area contributed by atoms with Gasteiger partial charge in [0.1, 0.15) is 11.5 Å². The summed E-state index contributed by atoms with van der Waals surface area (Å²) in [5.41, 5.74) is 1.23. The Labute approximate surface area is 125 Å². The number of nitrogens with one attached hydrogen (secondary N) is 1. The van der Waals surface area contributed by atoms with E-state index in [0.29, 0.717) is 10.8 Å². The fraction of sp³-hybridized carbons (Fsp3) is 0.294. The van der Waals surface area contributed by atoms with E-state index in [1.165, 1.54) is 0 Å². The van der Waals surface area contributed by atoms with Gasteiger partial charge in [-0.25, -0.2) is 0 Å². The van der Waals surface area contributed by atoms with Gasteiger partial charge in [-0.05, 0) is 50.6 Å². The second kappa shape index (κ2) is 6.29. The first-order valence-electron chi connectivity index (χ1n) is 6.70. The van der Waals surface area contributed by atoms with E-state index in [1.54, 1.807) is 0 Å². The highest BCUT2D eigenvalue weighted by Gasteiger charge is 2.10. The molecular formula is C17H20ClNO. The molecule has 0 amide bonds. The molecule has 2 rings (SSSR count). The molecule has 2 aromatic rings. The summed E-state index contributed by atoms with van der Waals surface area (Å²) in [7, 11) is 0. The van der Waals surface area contributed by atoms with E-state index < -0.39 is 0 Å². The number of hydrogen-bond donors (Lipinski definition) is 1. The molecule has 0 aliphatic heterocycles. The first-order valence-corrected chi connectivity index (χ1v) is 7.08. The summed E-state index contributed by atoms with van der Waals surface area (Å²) in [4.78, 5) is 0. The van der Waals surface area contributed by atoms with Crippen molar-refractivity contribution >= 4 is 11.6 Å². The quantitative estimate of drug-likeness (QED) is 0.853. The van der Waals surface area contributed by atoms with E-state index in [2.05, 4.69) is 26.1 Å². The molecule has 106 valence electrons. The molecule has 2 nitrogen and oxygen atoms in total. The lowest BCUT2D eigenvalue weighted by molar-refractivity contribution is 0.424. The van der Waals surface area contributed by atoms with Gasteiger partial charge in [0.25, 0.3) is 0 Å². The Bertz CT molecular complexity index is 561. The minimum Gasteiger partial charge on any atom is -0.456 e. The maximum absolute atomic E-state index is 6.28. The smallest absolute Gasteiger partial charge is 0.146 e. The lowest BCUT2D eigenvalue weighted by Crippen LogP contribution is -2.35. The molecular weight excluding hydrogens is 270 g/mol. The second-order valence-electron chi connectivity index (χ2n) is 5.78. The van der Waals surface area contributed by atoms with Crippen molar-refractivity contribution in [2.75, 3.05) is 0 Å². The third-order valence-corrected chi connectivity index (χ3v) is 3.09. The Morgan fingerprint density at radius 2 is 1.75 bits per heavy atom. The van der Waals surface area contributed by atoms with Crippen LogP contribution in [-0.4, -0.2) is 5.54 Å². The summed E-state index contributed by atoms with van der Waals surface area (Å²) in [5, 5.41) is 4.06. The van der Waals surface area contributed by atoms with Crippen LogP contribution in [0.4, 0.5) is 0 Å². The summed E-state index contributed by atoms with van der Waals surface area (Å²) < 4.78 is 5.76. The topological polar surface area (TPSA) is 21.3 Å². The molecule has 0 atom stereocenters. The van der Waals surface area contributed by atoms with Crippen LogP contribution in [0.15, 0.2) is 48.5 Å². The van der Waals surface area contributed by atoms with Gasteiger partial charge in [0.15, 0.2) is 0 Å². The zero-order chi connectivity index (χ0) is 14.6. The monoisotopic (exact) mass is 289 g/mol. The van der Waals surface area contributed by atoms with Crippen molar-refractivity contribution in [3.05, 3.63) is 59.1 Å². The van der Waals surface area contributed by atoms with Gasteiger partial charge in [0.2, 0.25) is 0 Å². The summed E-state index contributed by atoms with van der Waals surface area (Å²) in [6.45, 7) is 7.21. The van der Waals surface area contributed by atoms with Crippen molar-refractivity contribution in [3.63, 3.8) is 0 Å². The fourth-order valence-electron chi connectivity index (χ4n) is 1.72. The zero-order valence-corrected chi connectivity index (χ0v) is 12.9. The number of para-hydroxylation sites is 1. The van der Waals surface area contributed by atoms with Crippen molar-refractivity contribution in [3.8, 4) is 11.5 Å². The van der Waals surface area contributed by atoms with Crippen LogP contribution in [0.5, 0.6) is 11.5 Å². The van der Waals surface area contributed by atoms with E-state index in [4.69, 9.17) is 16.3 Å². The average Bonchev–Trinajstić information content (AvgIpc) is 2.40. The Morgan fingerprint density at radius 1 is 1.05 bits per heavy atom. The van der Waals surface area contributed by atoms with Crippen LogP contribution in [0.3, 0.4) is 0 Å². The maximum Gasteiger partial charge on any atom is 0.146 e. The molecule has 0 unspecified atom stereocenters. The summed E-state index contributed by atoms with van der Waals surface area (Å²) >= 11 is 6.28. The van der Waals surface area contributed by atoms with E-state index >= 15 is 0 Å². The Kier molecular flexibility index (Phi) is 4.69.